The molecule has 0 atom stereocenters. The zero-order valence-corrected chi connectivity index (χ0v) is 13.5. The van der Waals surface area contributed by atoms with E-state index in [4.69, 9.17) is 18.0 Å². The molecule has 1 fully saturated rings. The molecule has 5 nitrogen and oxygen atoms in total. The molecule has 0 saturated heterocycles. The van der Waals surface area contributed by atoms with Crippen LogP contribution in [0.2, 0.25) is 0 Å². The minimum absolute atomic E-state index is 0.0459. The van der Waals surface area contributed by atoms with Gasteiger partial charge in [0, 0.05) is 13.6 Å². The quantitative estimate of drug-likeness (QED) is 0.715. The van der Waals surface area contributed by atoms with E-state index in [2.05, 4.69) is 12.2 Å². The highest BCUT2D eigenvalue weighted by Gasteiger charge is 2.52. The monoisotopic (exact) mass is 299 g/mol. The molecule has 0 bridgehead atoms. The van der Waals surface area contributed by atoms with Gasteiger partial charge in [0.25, 0.3) is 0 Å². The van der Waals surface area contributed by atoms with E-state index in [1.807, 2.05) is 13.8 Å². The number of carbonyl (C=O) groups is 2. The van der Waals surface area contributed by atoms with Crippen molar-refractivity contribution in [2.45, 2.75) is 33.6 Å². The largest absolute Gasteiger partial charge is 0.392 e. The molecule has 0 aromatic heterocycles. The van der Waals surface area contributed by atoms with Gasteiger partial charge in [0.1, 0.15) is 0 Å². The normalized spacial score (nSPS) is 24.9. The van der Waals surface area contributed by atoms with Crippen LogP contribution in [0, 0.1) is 17.3 Å². The molecule has 1 rings (SSSR count). The highest BCUT2D eigenvalue weighted by atomic mass is 32.1. The molecule has 1 aliphatic carbocycles. The molecule has 0 radical (unpaired) electrons. The Morgan fingerprint density at radius 2 is 2.00 bits per heavy atom. The fourth-order valence-electron chi connectivity index (χ4n) is 2.64. The van der Waals surface area contributed by atoms with Crippen LogP contribution in [0.3, 0.4) is 0 Å². The number of nitrogens with zero attached hydrogens (tertiary/aromatic N) is 1. The molecular weight excluding hydrogens is 274 g/mol. The van der Waals surface area contributed by atoms with Gasteiger partial charge in [0.2, 0.25) is 11.8 Å². The molecular formula is C14H25N3O2S. The predicted molar refractivity (Wildman–Crippen MR) is 83.1 cm³/mol. The van der Waals surface area contributed by atoms with Gasteiger partial charge in [-0.3, -0.25) is 9.59 Å². The van der Waals surface area contributed by atoms with Gasteiger partial charge in [0.15, 0.2) is 0 Å². The first-order chi connectivity index (χ1) is 9.19. The fraction of sp³-hybridized carbons (Fsp3) is 0.786. The second kappa shape index (κ2) is 6.52. The summed E-state index contributed by atoms with van der Waals surface area (Å²) in [6.07, 6.45) is 1.36. The van der Waals surface area contributed by atoms with Crippen LogP contribution in [-0.4, -0.2) is 41.8 Å². The Labute approximate surface area is 126 Å². The second-order valence-electron chi connectivity index (χ2n) is 6.32. The first-order valence-electron chi connectivity index (χ1n) is 7.01. The Kier molecular flexibility index (Phi) is 5.50. The summed E-state index contributed by atoms with van der Waals surface area (Å²) in [6.45, 7) is 6.77. The lowest BCUT2D eigenvalue weighted by Crippen LogP contribution is -2.57. The van der Waals surface area contributed by atoms with Crippen molar-refractivity contribution in [3.05, 3.63) is 0 Å². The van der Waals surface area contributed by atoms with Crippen LogP contribution in [-0.2, 0) is 9.59 Å². The van der Waals surface area contributed by atoms with Crippen molar-refractivity contribution in [1.82, 2.24) is 10.2 Å². The van der Waals surface area contributed by atoms with E-state index in [9.17, 15) is 9.59 Å². The van der Waals surface area contributed by atoms with Crippen LogP contribution in [0.15, 0.2) is 0 Å². The zero-order valence-electron chi connectivity index (χ0n) is 12.7. The topological polar surface area (TPSA) is 75.4 Å². The third kappa shape index (κ3) is 3.69. The van der Waals surface area contributed by atoms with E-state index in [0.717, 1.165) is 0 Å². The highest BCUT2D eigenvalue weighted by molar-refractivity contribution is 7.80. The van der Waals surface area contributed by atoms with Gasteiger partial charge in [-0.1, -0.05) is 33.0 Å². The summed E-state index contributed by atoms with van der Waals surface area (Å²) in [6, 6.07) is 0. The van der Waals surface area contributed by atoms with Crippen LogP contribution < -0.4 is 11.1 Å². The van der Waals surface area contributed by atoms with Crippen LogP contribution >= 0.6 is 12.2 Å². The van der Waals surface area contributed by atoms with Gasteiger partial charge < -0.3 is 16.0 Å². The first kappa shape index (κ1) is 16.9. The van der Waals surface area contributed by atoms with Crippen LogP contribution in [0.5, 0.6) is 0 Å². The number of nitrogens with one attached hydrogen (secondary N) is 1. The number of rotatable bonds is 6. The Bertz CT molecular complexity index is 403. The fourth-order valence-corrected chi connectivity index (χ4v) is 2.89. The van der Waals surface area contributed by atoms with E-state index in [1.54, 1.807) is 7.05 Å². The zero-order chi connectivity index (χ0) is 15.5. The highest BCUT2D eigenvalue weighted by Crippen LogP contribution is 2.46. The number of likely N-dealkylation sites (N-methyl/N-ethyl adjacent to an activating group) is 1. The van der Waals surface area contributed by atoms with E-state index >= 15 is 0 Å². The molecule has 114 valence electrons. The minimum atomic E-state index is -0.734. The van der Waals surface area contributed by atoms with Crippen LogP contribution in [0.25, 0.3) is 0 Å². The molecule has 0 aromatic rings. The molecule has 0 heterocycles. The lowest BCUT2D eigenvalue weighted by atomic mass is 9.61. The summed E-state index contributed by atoms with van der Waals surface area (Å²) in [5.74, 6) is 0.543. The molecule has 6 heteroatoms. The number of hydrogen-bond donors (Lipinski definition) is 2. The van der Waals surface area contributed by atoms with Crippen molar-refractivity contribution < 1.29 is 9.59 Å². The predicted octanol–water partition coefficient (Wildman–Crippen LogP) is 0.919. The molecule has 0 spiro atoms. The maximum atomic E-state index is 12.5. The van der Waals surface area contributed by atoms with Crippen LogP contribution in [0.4, 0.5) is 0 Å². The van der Waals surface area contributed by atoms with Crippen molar-refractivity contribution in [3.63, 3.8) is 0 Å². The van der Waals surface area contributed by atoms with Crippen molar-refractivity contribution in [3.8, 4) is 0 Å². The molecule has 2 amide bonds. The Balaban J connectivity index is 2.58. The number of nitrogens with two attached hydrogens (primary N) is 1. The third-order valence-corrected chi connectivity index (χ3v) is 4.10. The minimum Gasteiger partial charge on any atom is -0.392 e. The van der Waals surface area contributed by atoms with Gasteiger partial charge in [-0.05, 0) is 24.7 Å². The summed E-state index contributed by atoms with van der Waals surface area (Å²) in [4.78, 5) is 25.9. The third-order valence-electron chi connectivity index (χ3n) is 3.71. The van der Waals surface area contributed by atoms with Gasteiger partial charge >= 0.3 is 0 Å². The first-order valence-corrected chi connectivity index (χ1v) is 7.42. The molecule has 20 heavy (non-hydrogen) atoms. The van der Waals surface area contributed by atoms with Crippen molar-refractivity contribution in [2.75, 3.05) is 20.1 Å². The Morgan fingerprint density at radius 3 is 2.40 bits per heavy atom. The van der Waals surface area contributed by atoms with E-state index < -0.39 is 5.41 Å². The number of hydrogen-bond acceptors (Lipinski definition) is 3. The number of carbonyl (C=O) groups excluding carboxylic acids is 2. The van der Waals surface area contributed by atoms with Crippen molar-refractivity contribution in [2.24, 2.45) is 23.0 Å². The van der Waals surface area contributed by atoms with Gasteiger partial charge in [-0.15, -0.1) is 0 Å². The Morgan fingerprint density at radius 1 is 1.45 bits per heavy atom. The van der Waals surface area contributed by atoms with Gasteiger partial charge in [-0.2, -0.15) is 0 Å². The second-order valence-corrected chi connectivity index (χ2v) is 6.76. The molecule has 0 aromatic carbocycles. The van der Waals surface area contributed by atoms with E-state index in [-0.39, 0.29) is 23.3 Å². The molecule has 1 saturated carbocycles. The van der Waals surface area contributed by atoms with Gasteiger partial charge in [0.05, 0.1) is 16.9 Å². The standard InChI is InChI=1S/C14H25N3O2S/c1-9(2)7-16-11(18)8-17(4)13(19)14(12(15)20)5-10(3)6-14/h9-10H,5-8H2,1-4H3,(H2,15,20)(H,16,18). The van der Waals surface area contributed by atoms with Crippen LogP contribution in [0.1, 0.15) is 33.6 Å². The molecule has 0 unspecified atom stereocenters. The van der Waals surface area contributed by atoms with Gasteiger partial charge in [-0.25, -0.2) is 0 Å². The summed E-state index contributed by atoms with van der Waals surface area (Å²) >= 11 is 5.06. The molecule has 0 aliphatic heterocycles. The summed E-state index contributed by atoms with van der Waals surface area (Å²) in [5.41, 5.74) is 5.01. The lowest BCUT2D eigenvalue weighted by molar-refractivity contribution is -0.145. The maximum Gasteiger partial charge on any atom is 0.239 e. The summed E-state index contributed by atoms with van der Waals surface area (Å²) in [7, 11) is 1.63. The molecule has 1 aliphatic rings. The van der Waals surface area contributed by atoms with Crippen molar-refractivity contribution >= 4 is 29.0 Å². The lowest BCUT2D eigenvalue weighted by Gasteiger charge is -2.45. The number of thiocarbonyl (C=S) groups is 1. The Hall–Kier alpha value is -1.17. The van der Waals surface area contributed by atoms with E-state index in [1.165, 1.54) is 4.90 Å². The molecule has 3 N–H and O–H groups in total. The smallest absolute Gasteiger partial charge is 0.239 e. The SMILES string of the molecule is CC(C)CNC(=O)CN(C)C(=O)C1(C(N)=S)CC(C)C1. The average Bonchev–Trinajstić information content (AvgIpc) is 2.30. The summed E-state index contributed by atoms with van der Waals surface area (Å²) < 4.78 is 0. The average molecular weight is 299 g/mol. The van der Waals surface area contributed by atoms with E-state index in [0.29, 0.717) is 31.2 Å². The number of amides is 2. The summed E-state index contributed by atoms with van der Waals surface area (Å²) in [5, 5.41) is 2.80. The van der Waals surface area contributed by atoms with Crippen molar-refractivity contribution in [1.29, 1.82) is 0 Å². The maximum absolute atomic E-state index is 12.5.